The lowest BCUT2D eigenvalue weighted by molar-refractivity contribution is -0.205. The molecule has 13 nitrogen and oxygen atoms in total. The Labute approximate surface area is 151 Å². The summed E-state index contributed by atoms with van der Waals surface area (Å²) in [5.74, 6) is 0.152. The molecule has 4 heterocycles. The Bertz CT molecular complexity index is 994. The number of anilines is 1. The van der Waals surface area contributed by atoms with Crippen LogP contribution >= 0.6 is 7.75 Å². The van der Waals surface area contributed by atoms with E-state index in [9.17, 15) is 19.7 Å². The van der Waals surface area contributed by atoms with Gasteiger partial charge in [0.1, 0.15) is 36.5 Å². The summed E-state index contributed by atoms with van der Waals surface area (Å²) in [6.45, 7) is -0.503. The van der Waals surface area contributed by atoms with Gasteiger partial charge in [0.05, 0.1) is 12.9 Å². The first-order valence-electron chi connectivity index (χ1n) is 7.77. The number of aliphatic hydroxyl groups is 2. The van der Waals surface area contributed by atoms with Crippen LogP contribution in [0.1, 0.15) is 6.23 Å². The fourth-order valence-electron chi connectivity index (χ4n) is 2.78. The highest BCUT2D eigenvalue weighted by Crippen LogP contribution is 2.40. The molecule has 4 rings (SSSR count). The van der Waals surface area contributed by atoms with Gasteiger partial charge in [-0.3, -0.25) is 13.5 Å². The summed E-state index contributed by atoms with van der Waals surface area (Å²) in [5, 5.41) is 20.5. The maximum Gasteiger partial charge on any atom is 0.237 e. The van der Waals surface area contributed by atoms with Gasteiger partial charge in [0, 0.05) is 12.4 Å². The van der Waals surface area contributed by atoms with Crippen molar-refractivity contribution in [1.29, 1.82) is 0 Å². The van der Waals surface area contributed by atoms with E-state index in [1.165, 1.54) is 29.6 Å². The van der Waals surface area contributed by atoms with Gasteiger partial charge < -0.3 is 30.1 Å². The lowest BCUT2D eigenvalue weighted by Gasteiger charge is -2.25. The number of nitrogens with zero attached hydrogens (tertiary/aromatic N) is 6. The largest absolute Gasteiger partial charge is 0.761 e. The number of imidazole rings is 2. The number of nitrogens with two attached hydrogens (primary N) is 1. The lowest BCUT2D eigenvalue weighted by atomic mass is 10.1. The van der Waals surface area contributed by atoms with Crippen LogP contribution in [0.25, 0.3) is 11.2 Å². The molecule has 1 aliphatic rings. The normalized spacial score (nSPS) is 27.8. The van der Waals surface area contributed by atoms with Crippen molar-refractivity contribution in [3.63, 3.8) is 0 Å². The van der Waals surface area contributed by atoms with E-state index < -0.39 is 38.9 Å². The van der Waals surface area contributed by atoms with E-state index in [0.29, 0.717) is 11.2 Å². The molecule has 144 valence electrons. The topological polar surface area (TPSA) is 186 Å². The van der Waals surface area contributed by atoms with Gasteiger partial charge in [0.15, 0.2) is 17.7 Å². The van der Waals surface area contributed by atoms with Crippen molar-refractivity contribution in [2.45, 2.75) is 24.5 Å². The molecule has 0 aromatic carbocycles. The fraction of sp³-hybridized carbons (Fsp3) is 0.385. The van der Waals surface area contributed by atoms with Gasteiger partial charge in [-0.05, 0) is 0 Å². The van der Waals surface area contributed by atoms with E-state index in [4.69, 9.17) is 15.0 Å². The Morgan fingerprint density at radius 1 is 1.30 bits per heavy atom. The second kappa shape index (κ2) is 6.64. The van der Waals surface area contributed by atoms with Crippen molar-refractivity contribution < 1.29 is 28.9 Å². The molecule has 27 heavy (non-hydrogen) atoms. The number of hydrogen-bond acceptors (Lipinski definition) is 11. The number of rotatable bonds is 5. The Balaban J connectivity index is 1.52. The maximum atomic E-state index is 12.0. The van der Waals surface area contributed by atoms with E-state index in [2.05, 4.69) is 19.9 Å². The summed E-state index contributed by atoms with van der Waals surface area (Å²) in [7, 11) is -4.45. The molecule has 0 spiro atoms. The van der Waals surface area contributed by atoms with Crippen LogP contribution in [0.4, 0.5) is 5.82 Å². The summed E-state index contributed by atoms with van der Waals surface area (Å²) in [4.78, 5) is 27.6. The number of fused-ring (bicyclic) bond motifs is 1. The molecule has 5 unspecified atom stereocenters. The number of aliphatic hydroxyl groups excluding tert-OH is 2. The minimum absolute atomic E-state index is 0.152. The predicted octanol–water partition coefficient (Wildman–Crippen LogP) is -1.74. The van der Waals surface area contributed by atoms with E-state index in [1.54, 1.807) is 0 Å². The highest BCUT2D eigenvalue weighted by Gasteiger charge is 2.44. The predicted molar refractivity (Wildman–Crippen MR) is 86.8 cm³/mol. The first-order valence-corrected chi connectivity index (χ1v) is 9.27. The summed E-state index contributed by atoms with van der Waals surface area (Å²) in [6, 6.07) is 0. The third-order valence-electron chi connectivity index (χ3n) is 4.17. The van der Waals surface area contributed by atoms with Gasteiger partial charge >= 0.3 is 0 Å². The molecule has 0 saturated carbocycles. The van der Waals surface area contributed by atoms with E-state index in [0.717, 1.165) is 10.7 Å². The third-order valence-corrected chi connectivity index (χ3v) is 5.45. The first-order chi connectivity index (χ1) is 12.9. The first kappa shape index (κ1) is 18.0. The van der Waals surface area contributed by atoms with Gasteiger partial charge in [0.2, 0.25) is 7.75 Å². The zero-order valence-electron chi connectivity index (χ0n) is 13.6. The molecule has 3 aromatic rings. The van der Waals surface area contributed by atoms with Crippen LogP contribution in [0, 0.1) is 0 Å². The number of hydrogen-bond donors (Lipinski definition) is 3. The number of aromatic nitrogens is 6. The Morgan fingerprint density at radius 3 is 2.85 bits per heavy atom. The molecule has 0 aliphatic carbocycles. The Morgan fingerprint density at radius 2 is 2.11 bits per heavy atom. The van der Waals surface area contributed by atoms with Crippen LogP contribution in [-0.4, -0.2) is 64.0 Å². The van der Waals surface area contributed by atoms with Crippen molar-refractivity contribution in [3.05, 3.63) is 31.4 Å². The fourth-order valence-corrected chi connectivity index (χ4v) is 3.66. The van der Waals surface area contributed by atoms with Gasteiger partial charge in [-0.1, -0.05) is 0 Å². The van der Waals surface area contributed by atoms with Crippen LogP contribution in [0.5, 0.6) is 0 Å². The van der Waals surface area contributed by atoms with Gasteiger partial charge in [-0.2, -0.15) is 0 Å². The van der Waals surface area contributed by atoms with Crippen LogP contribution in [0.2, 0.25) is 0 Å². The minimum Gasteiger partial charge on any atom is -0.761 e. The molecule has 1 aliphatic heterocycles. The quantitative estimate of drug-likeness (QED) is 0.415. The Hall–Kier alpha value is -2.41. The Kier molecular flexibility index (Phi) is 4.42. The molecule has 3 aromatic heterocycles. The van der Waals surface area contributed by atoms with Crippen molar-refractivity contribution >= 4 is 24.7 Å². The summed E-state index contributed by atoms with van der Waals surface area (Å²) >= 11 is 0. The molecular formula is C13H15N7O6P-. The van der Waals surface area contributed by atoms with Crippen LogP contribution < -0.4 is 10.6 Å². The average Bonchev–Trinajstić information content (AvgIpc) is 3.36. The molecule has 4 N–H and O–H groups in total. The number of ether oxygens (including phenoxy) is 1. The average molecular weight is 396 g/mol. The summed E-state index contributed by atoms with van der Waals surface area (Å²) < 4.78 is 24.7. The summed E-state index contributed by atoms with van der Waals surface area (Å²) in [6.07, 6.45) is 1.20. The smallest absolute Gasteiger partial charge is 0.237 e. The zero-order valence-corrected chi connectivity index (χ0v) is 14.5. The molecule has 1 fully saturated rings. The molecule has 1 saturated heterocycles. The standard InChI is InChI=1S/C13H16N7O6P/c14-11-8-12(17-4-16-11)20(6-18-8)13-10(22)9(21)7(26-13)3-25-27(23,24)19-2-1-15-5-19/h1-2,4-7,9-10,13,21-22H,3H2,(H,23,24)(H2,14,16,17)/p-1. The SMILES string of the molecule is Nc1ncnc2c1ncn2C1OC(COP(=O)([O-])n2ccnc2)C(O)C1O. The monoisotopic (exact) mass is 396 g/mol. The van der Waals surface area contributed by atoms with E-state index >= 15 is 0 Å². The second-order valence-electron chi connectivity index (χ2n) is 5.84. The highest BCUT2D eigenvalue weighted by molar-refractivity contribution is 7.49. The summed E-state index contributed by atoms with van der Waals surface area (Å²) in [5.41, 5.74) is 6.34. The molecule has 0 radical (unpaired) electrons. The van der Waals surface area contributed by atoms with Crippen molar-refractivity contribution in [2.24, 2.45) is 0 Å². The molecular weight excluding hydrogens is 381 g/mol. The van der Waals surface area contributed by atoms with E-state index in [-0.39, 0.29) is 5.82 Å². The molecule has 5 atom stereocenters. The van der Waals surface area contributed by atoms with Gasteiger partial charge in [-0.15, -0.1) is 0 Å². The van der Waals surface area contributed by atoms with E-state index in [1.807, 2.05) is 0 Å². The maximum absolute atomic E-state index is 12.0. The zero-order chi connectivity index (χ0) is 19.2. The lowest BCUT2D eigenvalue weighted by Crippen LogP contribution is -2.34. The van der Waals surface area contributed by atoms with Crippen LogP contribution in [0.15, 0.2) is 31.4 Å². The van der Waals surface area contributed by atoms with Crippen molar-refractivity contribution in [3.8, 4) is 0 Å². The van der Waals surface area contributed by atoms with Gasteiger partial charge in [0.25, 0.3) is 0 Å². The van der Waals surface area contributed by atoms with Crippen molar-refractivity contribution in [2.75, 3.05) is 12.3 Å². The number of nitrogen functional groups attached to an aromatic ring is 1. The second-order valence-corrected chi connectivity index (χ2v) is 7.49. The van der Waals surface area contributed by atoms with Gasteiger partial charge in [-0.25, -0.2) is 19.9 Å². The molecule has 0 bridgehead atoms. The third kappa shape index (κ3) is 3.10. The highest BCUT2D eigenvalue weighted by atomic mass is 31.2. The molecule has 14 heteroatoms. The van der Waals surface area contributed by atoms with Crippen LogP contribution in [-0.2, 0) is 13.8 Å². The van der Waals surface area contributed by atoms with Crippen LogP contribution in [0.3, 0.4) is 0 Å². The minimum atomic E-state index is -4.45. The molecule has 0 amide bonds. The van der Waals surface area contributed by atoms with Crippen molar-refractivity contribution in [1.82, 2.24) is 28.8 Å².